The Morgan fingerprint density at radius 3 is 0.730 bits per heavy atom. The Hall–Kier alpha value is -18.8. The molecule has 0 radical (unpaired) electrons. The average molecular weight is 1500 g/mol. The van der Waals surface area contributed by atoms with Crippen LogP contribution in [0.3, 0.4) is 0 Å². The molecular formula is C101H48F6N2O6. The van der Waals surface area contributed by atoms with Crippen molar-refractivity contribution in [3.63, 3.8) is 0 Å². The highest BCUT2D eigenvalue weighted by molar-refractivity contribution is 5.70. The Labute approximate surface area is 671 Å². The first-order valence-electron chi connectivity index (χ1n) is 31.5. The molecule has 2 aromatic carbocycles. The number of nitrogen functional groups attached to an aromatic ring is 1. The predicted molar refractivity (Wildman–Crippen MR) is 434 cm³/mol. The average Bonchev–Trinajstić information content (AvgIpc) is 0.830. The van der Waals surface area contributed by atoms with Crippen LogP contribution in [-0.2, 0) is 19.1 Å². The molecule has 0 saturated carbocycles. The van der Waals surface area contributed by atoms with E-state index in [9.17, 15) is 46.0 Å². The van der Waals surface area contributed by atoms with Gasteiger partial charge < -0.3 is 15.2 Å². The van der Waals surface area contributed by atoms with Gasteiger partial charge >= 0.3 is 11.9 Å². The highest BCUT2D eigenvalue weighted by Crippen LogP contribution is 2.40. The number of ether oxygens (including phenoxy) is 2. The molecule has 2 N–H and O–H groups in total. The molecule has 2 unspecified atom stereocenters. The van der Waals surface area contributed by atoms with Gasteiger partial charge in [-0.05, 0) is 275 Å². The van der Waals surface area contributed by atoms with Gasteiger partial charge in [-0.2, -0.15) is 0 Å². The minimum Gasteiger partial charge on any atom is -0.460 e. The number of carbonyl (C=O) groups excluding carboxylic acids is 2. The summed E-state index contributed by atoms with van der Waals surface area (Å²) < 4.78 is 93.1. The maximum absolute atomic E-state index is 14.0. The molecule has 540 valence electrons. The number of anilines is 1. The molecule has 8 nitrogen and oxygen atoms in total. The topological polar surface area (TPSA) is 122 Å². The zero-order chi connectivity index (χ0) is 85.5. The Balaban J connectivity index is 0. The number of hydrogen-bond donors (Lipinski definition) is 1. The second kappa shape index (κ2) is 65.9. The molecule has 0 aliphatic carbocycles. The van der Waals surface area contributed by atoms with Crippen molar-refractivity contribution < 1.29 is 50.3 Å². The van der Waals surface area contributed by atoms with Gasteiger partial charge in [0.1, 0.15) is 11.2 Å². The first kappa shape index (κ1) is 98.3. The van der Waals surface area contributed by atoms with E-state index in [0.717, 1.165) is 30.3 Å². The van der Waals surface area contributed by atoms with Gasteiger partial charge in [0.05, 0.1) is 17.8 Å². The molecule has 115 heavy (non-hydrogen) atoms. The number of esters is 2. The van der Waals surface area contributed by atoms with Gasteiger partial charge in [-0.1, -0.05) is 42.0 Å². The normalized spacial score (nSPS) is 7.63. The highest BCUT2D eigenvalue weighted by Gasteiger charge is 2.43. The second-order valence-electron chi connectivity index (χ2n) is 20.7. The van der Waals surface area contributed by atoms with Crippen LogP contribution in [0.2, 0.25) is 0 Å². The molecule has 0 heterocycles. The van der Waals surface area contributed by atoms with Crippen LogP contribution in [0.25, 0.3) is 0 Å². The summed E-state index contributed by atoms with van der Waals surface area (Å²) in [6.45, 7) is 14.7. The predicted octanol–water partition coefficient (Wildman–Crippen LogP) is 10.2. The second-order valence-corrected chi connectivity index (χ2v) is 20.7. The van der Waals surface area contributed by atoms with Crippen LogP contribution in [0.5, 0.6) is 0 Å². The van der Waals surface area contributed by atoms with Gasteiger partial charge in [0.15, 0.2) is 12.3 Å². The molecule has 0 saturated heterocycles. The summed E-state index contributed by atoms with van der Waals surface area (Å²) >= 11 is 0. The number of terminal acetylenes is 1. The van der Waals surface area contributed by atoms with Crippen LogP contribution in [0.15, 0.2) is 48.5 Å². The van der Waals surface area contributed by atoms with E-state index in [1.165, 1.54) is 18.2 Å². The first-order chi connectivity index (χ1) is 55.3. The van der Waals surface area contributed by atoms with Crippen molar-refractivity contribution in [1.29, 1.82) is 0 Å². The molecule has 2 rings (SSSR count). The van der Waals surface area contributed by atoms with Crippen molar-refractivity contribution >= 4 is 23.3 Å². The van der Waals surface area contributed by atoms with Crippen LogP contribution in [0.4, 0.5) is 37.7 Å². The summed E-state index contributed by atoms with van der Waals surface area (Å²) in [5.41, 5.74) is 2.89. The van der Waals surface area contributed by atoms with E-state index in [1.807, 2.05) is 0 Å². The molecule has 2 atom stereocenters. The summed E-state index contributed by atoms with van der Waals surface area (Å²) in [4.78, 5) is 32.7. The lowest BCUT2D eigenvalue weighted by atomic mass is 10.0. The molecule has 0 spiro atoms. The smallest absolute Gasteiger partial charge is 0.306 e. The number of carbonyl (C=O) groups is 2. The fourth-order valence-corrected chi connectivity index (χ4v) is 5.64. The number of halogens is 6. The minimum absolute atomic E-state index is 0.204. The van der Waals surface area contributed by atoms with Crippen molar-refractivity contribution in [3.8, 4) is 403 Å². The molecular weight excluding hydrogens is 1450 g/mol. The van der Waals surface area contributed by atoms with Crippen molar-refractivity contribution in [1.82, 2.24) is 0 Å². The zero-order valence-electron chi connectivity index (χ0n) is 62.4. The molecule has 0 aliphatic heterocycles. The first-order valence-corrected chi connectivity index (χ1v) is 31.5. The standard InChI is InChI=1S/C36H6.C35H4.C15H18F3NO4.C15H20F3NO2/c1-3-5-7-9-11-13-15-17-19-21-23-25-27-29-31-33-35-36-34-32-30-28-26-24-22-20-18-16-14-12-10-8-6-4-2;1-3-5-7-9-11-13-15-17-19-21-23-25-27-29-31-33-35-34-32-30-28-26-24-22-20-18-16-14-12-10-8-6-4-2;1-14(2,3)23-12(20)7-8-15(17,18)13(16)10-5-4-6-11(9-10)19(21)22;1-14(2,3)21-12(20)7-8-15(17,18)13(16)10-5-4-6-11(19)9-10/h1-2H3;1H,2H3;4-6,9,13H,7-8H2,1-3H3;4-6,9,13H,7-8,19H2,1-3H3. The summed E-state index contributed by atoms with van der Waals surface area (Å²) in [5.74, 6) is 158. The van der Waals surface area contributed by atoms with Crippen molar-refractivity contribution in [2.75, 3.05) is 5.73 Å². The van der Waals surface area contributed by atoms with E-state index in [0.29, 0.717) is 0 Å². The minimum atomic E-state index is -3.84. The molecule has 14 heteroatoms. The number of nitro benzene ring substituents is 1. The van der Waals surface area contributed by atoms with Gasteiger partial charge in [-0.25, -0.2) is 26.3 Å². The van der Waals surface area contributed by atoms with E-state index in [2.05, 4.69) is 397 Å². The zero-order valence-corrected chi connectivity index (χ0v) is 62.4. The highest BCUT2D eigenvalue weighted by atomic mass is 19.3. The lowest BCUT2D eigenvalue weighted by molar-refractivity contribution is -0.385. The molecule has 0 bridgehead atoms. The fraction of sp³-hybridized carbons (Fsp3) is 0.188. The van der Waals surface area contributed by atoms with Gasteiger partial charge in [0, 0.05) is 220 Å². The van der Waals surface area contributed by atoms with E-state index in [-0.39, 0.29) is 11.3 Å². The Kier molecular flexibility index (Phi) is 56.3. The number of rotatable bonds is 11. The number of nitrogens with two attached hydrogens (primary N) is 1. The van der Waals surface area contributed by atoms with Crippen LogP contribution < -0.4 is 5.73 Å². The SMILES string of the molecule is C#CC#CC#CC#CC#CC#CC#CC#CC#CC#CC#CC#CC#CC#CC#CC#CC#CC.CC#CC#CC#CC#CC#CC#CC#CC#CC#CC#CC#CC#CC#CC#CC#CC#CC#CC.CC(C)(C)OC(=O)CCC(F)(F)C(F)c1cccc(N)c1.CC(C)(C)OC(=O)CCC(F)(F)C(F)c1cccc([N+](=O)[O-])c1. The van der Waals surface area contributed by atoms with Crippen molar-refractivity contribution in [2.24, 2.45) is 0 Å². The summed E-state index contributed by atoms with van der Waals surface area (Å²) in [6.07, 6.45) is -3.50. The van der Waals surface area contributed by atoms with Gasteiger partial charge in [-0.15, -0.1) is 6.42 Å². The number of nitro groups is 1. The van der Waals surface area contributed by atoms with E-state index in [4.69, 9.17) is 21.6 Å². The third kappa shape index (κ3) is 65.7. The van der Waals surface area contributed by atoms with Crippen LogP contribution >= 0.6 is 0 Å². The van der Waals surface area contributed by atoms with Gasteiger partial charge in [0.2, 0.25) is 0 Å². The van der Waals surface area contributed by atoms with Crippen LogP contribution in [-0.4, -0.2) is 39.9 Å². The van der Waals surface area contributed by atoms with Crippen molar-refractivity contribution in [3.05, 3.63) is 69.8 Å². The Morgan fingerprint density at radius 1 is 0.357 bits per heavy atom. The number of non-ortho nitro benzene ring substituents is 1. The molecule has 2 aromatic rings. The van der Waals surface area contributed by atoms with Crippen LogP contribution in [0, 0.1) is 413 Å². The van der Waals surface area contributed by atoms with Crippen molar-refractivity contribution in [2.45, 2.75) is 123 Å². The van der Waals surface area contributed by atoms with Crippen LogP contribution in [0.1, 0.15) is 111 Å². The fourth-order valence-electron chi connectivity index (χ4n) is 5.64. The number of hydrogen-bond acceptors (Lipinski definition) is 7. The van der Waals surface area contributed by atoms with E-state index in [1.54, 1.807) is 62.3 Å². The summed E-state index contributed by atoms with van der Waals surface area (Å²) in [6, 6.07) is 9.29. The number of alkyl halides is 6. The summed E-state index contributed by atoms with van der Waals surface area (Å²) in [5, 5.41) is 10.6. The third-order valence-corrected chi connectivity index (χ3v) is 9.74. The lowest BCUT2D eigenvalue weighted by Gasteiger charge is -2.23. The Morgan fingerprint density at radius 2 is 0.548 bits per heavy atom. The van der Waals surface area contributed by atoms with Gasteiger partial charge in [0.25, 0.3) is 17.5 Å². The number of benzene rings is 2. The third-order valence-electron chi connectivity index (χ3n) is 9.74. The molecule has 0 aromatic heterocycles. The largest absolute Gasteiger partial charge is 0.460 e. The molecule has 0 amide bonds. The Bertz CT molecular complexity index is 6310. The quantitative estimate of drug-likeness (QED) is 0.0594. The van der Waals surface area contributed by atoms with E-state index < -0.39 is 89.2 Å². The maximum Gasteiger partial charge on any atom is 0.306 e. The monoisotopic (exact) mass is 1500 g/mol. The van der Waals surface area contributed by atoms with Gasteiger partial charge in [-0.3, -0.25) is 19.7 Å². The molecule has 0 aliphatic rings. The number of nitrogens with zero attached hydrogens (tertiary/aromatic N) is 1. The summed E-state index contributed by atoms with van der Waals surface area (Å²) in [7, 11) is 0. The van der Waals surface area contributed by atoms with E-state index >= 15 is 0 Å². The molecule has 0 fully saturated rings. The maximum atomic E-state index is 14.0. The lowest BCUT2D eigenvalue weighted by Crippen LogP contribution is -2.28.